The normalized spacial score (nSPS) is 11.2. The SMILES string of the molecule is C/C(=N/NC(=O)COc1ccc(Br)cc1C)c1ccc(C)cc1. The smallest absolute Gasteiger partial charge is 0.277 e. The van der Waals surface area contributed by atoms with Crippen LogP contribution in [0, 0.1) is 13.8 Å². The molecule has 23 heavy (non-hydrogen) atoms. The number of nitrogens with zero attached hydrogens (tertiary/aromatic N) is 1. The van der Waals surface area contributed by atoms with E-state index in [9.17, 15) is 4.79 Å². The maximum atomic E-state index is 11.8. The highest BCUT2D eigenvalue weighted by atomic mass is 79.9. The number of aryl methyl sites for hydroxylation is 2. The van der Waals surface area contributed by atoms with E-state index in [-0.39, 0.29) is 12.5 Å². The Hall–Kier alpha value is -2.14. The second-order valence-corrected chi connectivity index (χ2v) is 6.21. The Morgan fingerprint density at radius 2 is 1.87 bits per heavy atom. The fourth-order valence-electron chi connectivity index (χ4n) is 1.96. The molecule has 0 aliphatic carbocycles. The van der Waals surface area contributed by atoms with Crippen LogP contribution in [-0.4, -0.2) is 18.2 Å². The molecule has 0 aliphatic rings. The molecule has 1 N–H and O–H groups in total. The largest absolute Gasteiger partial charge is 0.483 e. The van der Waals surface area contributed by atoms with Gasteiger partial charge in [-0.05, 0) is 50.1 Å². The van der Waals surface area contributed by atoms with Crippen LogP contribution in [-0.2, 0) is 4.79 Å². The van der Waals surface area contributed by atoms with Crippen LogP contribution in [0.2, 0.25) is 0 Å². The molecule has 2 aromatic rings. The number of amides is 1. The minimum Gasteiger partial charge on any atom is -0.483 e. The molecule has 2 aromatic carbocycles. The molecule has 0 aliphatic heterocycles. The average molecular weight is 375 g/mol. The number of halogens is 1. The molecule has 0 spiro atoms. The summed E-state index contributed by atoms with van der Waals surface area (Å²) >= 11 is 3.39. The first-order valence-corrected chi connectivity index (χ1v) is 8.04. The number of benzene rings is 2. The number of rotatable bonds is 5. The van der Waals surface area contributed by atoms with E-state index >= 15 is 0 Å². The van der Waals surface area contributed by atoms with E-state index in [0.29, 0.717) is 5.75 Å². The molecule has 0 aromatic heterocycles. The molecule has 1 amide bonds. The van der Waals surface area contributed by atoms with E-state index in [2.05, 4.69) is 26.5 Å². The van der Waals surface area contributed by atoms with E-state index in [4.69, 9.17) is 4.74 Å². The summed E-state index contributed by atoms with van der Waals surface area (Å²) in [6.45, 7) is 5.73. The number of carbonyl (C=O) groups is 1. The highest BCUT2D eigenvalue weighted by Crippen LogP contribution is 2.21. The van der Waals surface area contributed by atoms with Crippen LogP contribution >= 0.6 is 15.9 Å². The van der Waals surface area contributed by atoms with Crippen LogP contribution in [0.4, 0.5) is 0 Å². The van der Waals surface area contributed by atoms with Gasteiger partial charge in [0.15, 0.2) is 6.61 Å². The summed E-state index contributed by atoms with van der Waals surface area (Å²) in [7, 11) is 0. The Labute approximate surface area is 144 Å². The van der Waals surface area contributed by atoms with Crippen molar-refractivity contribution in [2.24, 2.45) is 5.10 Å². The molecule has 0 atom stereocenters. The van der Waals surface area contributed by atoms with Crippen LogP contribution in [0.25, 0.3) is 0 Å². The fourth-order valence-corrected chi connectivity index (χ4v) is 2.43. The third-order valence-electron chi connectivity index (χ3n) is 3.31. The summed E-state index contributed by atoms with van der Waals surface area (Å²) in [6, 6.07) is 13.6. The predicted molar refractivity (Wildman–Crippen MR) is 95.9 cm³/mol. The van der Waals surface area contributed by atoms with Gasteiger partial charge in [-0.3, -0.25) is 4.79 Å². The number of ether oxygens (including phenoxy) is 1. The Morgan fingerprint density at radius 3 is 2.52 bits per heavy atom. The van der Waals surface area contributed by atoms with Gasteiger partial charge in [0.25, 0.3) is 5.91 Å². The second kappa shape index (κ2) is 7.92. The van der Waals surface area contributed by atoms with Crippen molar-refractivity contribution in [2.45, 2.75) is 20.8 Å². The summed E-state index contributed by atoms with van der Waals surface area (Å²) in [6.07, 6.45) is 0. The van der Waals surface area contributed by atoms with Gasteiger partial charge < -0.3 is 4.74 Å². The molecular formula is C18H19BrN2O2. The standard InChI is InChI=1S/C18H19BrN2O2/c1-12-4-6-15(7-5-12)14(3)20-21-18(22)11-23-17-9-8-16(19)10-13(17)2/h4-10H,11H2,1-3H3,(H,21,22)/b20-14-. The van der Waals surface area contributed by atoms with Crippen molar-refractivity contribution in [3.63, 3.8) is 0 Å². The lowest BCUT2D eigenvalue weighted by Crippen LogP contribution is -2.25. The summed E-state index contributed by atoms with van der Waals surface area (Å²) in [5.41, 5.74) is 6.38. The van der Waals surface area contributed by atoms with Gasteiger partial charge in [0, 0.05) is 4.47 Å². The predicted octanol–water partition coefficient (Wildman–Crippen LogP) is 3.99. The van der Waals surface area contributed by atoms with E-state index in [1.165, 1.54) is 5.56 Å². The zero-order chi connectivity index (χ0) is 16.8. The Kier molecular flexibility index (Phi) is 5.93. The first-order valence-electron chi connectivity index (χ1n) is 7.25. The number of carbonyl (C=O) groups excluding carboxylic acids is 1. The molecule has 2 rings (SSSR count). The van der Waals surface area contributed by atoms with Crippen LogP contribution in [0.1, 0.15) is 23.6 Å². The topological polar surface area (TPSA) is 50.7 Å². The molecule has 120 valence electrons. The fraction of sp³-hybridized carbons (Fsp3) is 0.222. The third kappa shape index (κ3) is 5.21. The summed E-state index contributed by atoms with van der Waals surface area (Å²) in [5, 5.41) is 4.10. The lowest BCUT2D eigenvalue weighted by atomic mass is 10.1. The van der Waals surface area contributed by atoms with Gasteiger partial charge in [0.2, 0.25) is 0 Å². The lowest BCUT2D eigenvalue weighted by molar-refractivity contribution is -0.123. The van der Waals surface area contributed by atoms with Crippen LogP contribution in [0.15, 0.2) is 52.0 Å². The van der Waals surface area contributed by atoms with Gasteiger partial charge in [-0.2, -0.15) is 5.10 Å². The van der Waals surface area contributed by atoms with Gasteiger partial charge in [0.05, 0.1) is 5.71 Å². The number of hydrazone groups is 1. The van der Waals surface area contributed by atoms with Crippen molar-refractivity contribution in [3.05, 3.63) is 63.6 Å². The Morgan fingerprint density at radius 1 is 1.17 bits per heavy atom. The maximum Gasteiger partial charge on any atom is 0.277 e. The van der Waals surface area contributed by atoms with Crippen LogP contribution < -0.4 is 10.2 Å². The molecule has 0 fully saturated rings. The van der Waals surface area contributed by atoms with Crippen LogP contribution in [0.3, 0.4) is 0 Å². The van der Waals surface area contributed by atoms with Crippen LogP contribution in [0.5, 0.6) is 5.75 Å². The van der Waals surface area contributed by atoms with Crippen molar-refractivity contribution in [2.75, 3.05) is 6.61 Å². The van der Waals surface area contributed by atoms with Crippen molar-refractivity contribution >= 4 is 27.5 Å². The molecule has 0 radical (unpaired) electrons. The molecule has 0 saturated heterocycles. The second-order valence-electron chi connectivity index (χ2n) is 5.30. The summed E-state index contributed by atoms with van der Waals surface area (Å²) in [4.78, 5) is 11.8. The van der Waals surface area contributed by atoms with Gasteiger partial charge >= 0.3 is 0 Å². The van der Waals surface area contributed by atoms with E-state index in [0.717, 1.165) is 21.3 Å². The molecule has 4 nitrogen and oxygen atoms in total. The molecule has 0 unspecified atom stereocenters. The van der Waals surface area contributed by atoms with E-state index in [1.54, 1.807) is 0 Å². The van der Waals surface area contributed by atoms with Gasteiger partial charge in [-0.25, -0.2) is 5.43 Å². The summed E-state index contributed by atoms with van der Waals surface area (Å²) < 4.78 is 6.48. The minimum absolute atomic E-state index is 0.0762. The third-order valence-corrected chi connectivity index (χ3v) is 3.81. The van der Waals surface area contributed by atoms with Gasteiger partial charge in [-0.15, -0.1) is 0 Å². The number of hydrogen-bond donors (Lipinski definition) is 1. The first-order chi connectivity index (χ1) is 11.0. The maximum absolute atomic E-state index is 11.8. The molecule has 0 bridgehead atoms. The van der Waals surface area contributed by atoms with Gasteiger partial charge in [-0.1, -0.05) is 45.8 Å². The number of nitrogens with one attached hydrogen (secondary N) is 1. The monoisotopic (exact) mass is 374 g/mol. The van der Waals surface area contributed by atoms with E-state index in [1.807, 2.05) is 63.2 Å². The lowest BCUT2D eigenvalue weighted by Gasteiger charge is -2.08. The van der Waals surface area contributed by atoms with Crippen molar-refractivity contribution in [1.82, 2.24) is 5.43 Å². The minimum atomic E-state index is -0.293. The molecule has 0 saturated carbocycles. The summed E-state index contributed by atoms with van der Waals surface area (Å²) in [5.74, 6) is 0.390. The van der Waals surface area contributed by atoms with Crippen molar-refractivity contribution in [3.8, 4) is 5.75 Å². The Bertz CT molecular complexity index is 724. The Balaban J connectivity index is 1.89. The first kappa shape index (κ1) is 17.2. The zero-order valence-corrected chi connectivity index (χ0v) is 15.0. The molecule has 5 heteroatoms. The van der Waals surface area contributed by atoms with Gasteiger partial charge in [0.1, 0.15) is 5.75 Å². The van der Waals surface area contributed by atoms with E-state index < -0.39 is 0 Å². The molecular weight excluding hydrogens is 356 g/mol. The van der Waals surface area contributed by atoms with Crippen molar-refractivity contribution in [1.29, 1.82) is 0 Å². The number of hydrogen-bond acceptors (Lipinski definition) is 3. The highest BCUT2D eigenvalue weighted by molar-refractivity contribution is 9.10. The van der Waals surface area contributed by atoms with Crippen molar-refractivity contribution < 1.29 is 9.53 Å². The molecule has 0 heterocycles. The average Bonchev–Trinajstić information content (AvgIpc) is 2.52. The highest BCUT2D eigenvalue weighted by Gasteiger charge is 2.05. The quantitative estimate of drug-likeness (QED) is 0.635. The zero-order valence-electron chi connectivity index (χ0n) is 13.4.